The molecule has 0 bridgehead atoms. The minimum Gasteiger partial charge on any atom is -0.493 e. The Hall–Kier alpha value is -3.23. The van der Waals surface area contributed by atoms with E-state index in [-0.39, 0.29) is 0 Å². The van der Waals surface area contributed by atoms with Crippen LogP contribution in [-0.4, -0.2) is 35.7 Å². The van der Waals surface area contributed by atoms with E-state index in [0.717, 1.165) is 47.4 Å². The lowest BCUT2D eigenvalue weighted by Gasteiger charge is -2.08. The third-order valence-corrected chi connectivity index (χ3v) is 5.75. The predicted molar refractivity (Wildman–Crippen MR) is 124 cm³/mol. The van der Waals surface area contributed by atoms with Gasteiger partial charge in [0.1, 0.15) is 11.3 Å². The second-order valence-corrected chi connectivity index (χ2v) is 8.04. The van der Waals surface area contributed by atoms with E-state index in [1.807, 2.05) is 37.4 Å². The fourth-order valence-electron chi connectivity index (χ4n) is 3.38. The molecule has 3 aromatic heterocycles. The highest BCUT2D eigenvalue weighted by Gasteiger charge is 2.20. The van der Waals surface area contributed by atoms with Gasteiger partial charge in [-0.2, -0.15) is 0 Å². The second kappa shape index (κ2) is 10.4. The molecule has 0 saturated heterocycles. The van der Waals surface area contributed by atoms with E-state index in [1.54, 1.807) is 18.5 Å². The number of nitrogens with zero attached hydrogens (tertiary/aromatic N) is 2. The molecule has 8 heteroatoms. The average Bonchev–Trinajstić information content (AvgIpc) is 3.42. The van der Waals surface area contributed by atoms with Crippen LogP contribution in [0.1, 0.15) is 35.0 Å². The van der Waals surface area contributed by atoms with Crippen LogP contribution in [0.5, 0.6) is 5.75 Å². The molecular formula is C24H25N3O4S. The van der Waals surface area contributed by atoms with E-state index in [1.165, 1.54) is 11.3 Å². The molecule has 1 N–H and O–H groups in total. The molecule has 32 heavy (non-hydrogen) atoms. The second-order valence-electron chi connectivity index (χ2n) is 7.18. The van der Waals surface area contributed by atoms with E-state index < -0.39 is 5.97 Å². The van der Waals surface area contributed by atoms with Crippen LogP contribution in [0, 0.1) is 6.92 Å². The third kappa shape index (κ3) is 4.98. The summed E-state index contributed by atoms with van der Waals surface area (Å²) in [5.74, 6) is 1.00. The first-order valence-corrected chi connectivity index (χ1v) is 11.4. The van der Waals surface area contributed by atoms with Crippen molar-refractivity contribution in [2.24, 2.45) is 0 Å². The number of esters is 1. The van der Waals surface area contributed by atoms with Gasteiger partial charge in [0.2, 0.25) is 0 Å². The van der Waals surface area contributed by atoms with Gasteiger partial charge in [-0.1, -0.05) is 12.1 Å². The molecule has 3 heterocycles. The number of hydrogen-bond donors (Lipinski definition) is 1. The van der Waals surface area contributed by atoms with E-state index in [2.05, 4.69) is 21.4 Å². The Bertz CT molecular complexity index is 1190. The lowest BCUT2D eigenvalue weighted by molar-refractivity contribution is 0.0520. The van der Waals surface area contributed by atoms with Gasteiger partial charge in [-0.25, -0.2) is 9.78 Å². The van der Waals surface area contributed by atoms with Gasteiger partial charge in [-0.15, -0.1) is 11.3 Å². The number of fused-ring (bicyclic) bond motifs is 1. The van der Waals surface area contributed by atoms with Crippen molar-refractivity contribution in [2.75, 3.05) is 19.8 Å². The summed E-state index contributed by atoms with van der Waals surface area (Å²) in [4.78, 5) is 20.5. The van der Waals surface area contributed by atoms with Crippen molar-refractivity contribution in [3.63, 3.8) is 0 Å². The van der Waals surface area contributed by atoms with Crippen LogP contribution < -0.4 is 10.1 Å². The summed E-state index contributed by atoms with van der Waals surface area (Å²) in [5, 5.41) is 6.66. The van der Waals surface area contributed by atoms with Crippen LogP contribution >= 0.6 is 11.3 Å². The highest BCUT2D eigenvalue weighted by Crippen LogP contribution is 2.39. The number of aromatic nitrogens is 2. The Kier molecular flexibility index (Phi) is 7.14. The van der Waals surface area contributed by atoms with Crippen LogP contribution in [0.25, 0.3) is 21.7 Å². The molecule has 0 aliphatic heterocycles. The highest BCUT2D eigenvalue weighted by molar-refractivity contribution is 7.13. The smallest absolute Gasteiger partial charge is 0.357 e. The quantitative estimate of drug-likeness (QED) is 0.268. The first kappa shape index (κ1) is 22.0. The van der Waals surface area contributed by atoms with Crippen molar-refractivity contribution in [3.05, 3.63) is 64.9 Å². The van der Waals surface area contributed by atoms with Crippen LogP contribution in [0.3, 0.4) is 0 Å². The molecule has 0 aliphatic carbocycles. The molecule has 1 aromatic carbocycles. The molecule has 0 saturated carbocycles. The Morgan fingerprint density at radius 3 is 2.97 bits per heavy atom. The maximum absolute atomic E-state index is 11.9. The van der Waals surface area contributed by atoms with Gasteiger partial charge in [0.25, 0.3) is 0 Å². The number of ether oxygens (including phenoxy) is 2. The molecule has 0 atom stereocenters. The number of nitrogens with one attached hydrogen (secondary N) is 1. The standard InChI is InChI=1S/C24H25N3O4S/c1-3-29-24(28)18-15-32-23(27-18)22-16(2)21-19(8-4-9-20(21)31-22)30-12-6-11-26-14-17-7-5-10-25-13-17/h4-5,7-10,13,15,26H,3,6,11-12,14H2,1-2H3. The molecule has 4 aromatic rings. The number of aryl methyl sites for hydroxylation is 1. The number of rotatable bonds is 10. The first-order valence-electron chi connectivity index (χ1n) is 10.5. The topological polar surface area (TPSA) is 86.5 Å². The number of thiazole rings is 1. The van der Waals surface area contributed by atoms with Gasteiger partial charge >= 0.3 is 5.97 Å². The zero-order valence-corrected chi connectivity index (χ0v) is 18.9. The summed E-state index contributed by atoms with van der Waals surface area (Å²) in [6, 6.07) is 9.76. The maximum atomic E-state index is 11.9. The van der Waals surface area contributed by atoms with Gasteiger partial charge in [0.15, 0.2) is 16.5 Å². The van der Waals surface area contributed by atoms with Gasteiger partial charge < -0.3 is 19.2 Å². The summed E-state index contributed by atoms with van der Waals surface area (Å²) in [6.45, 7) is 6.28. The molecule has 0 fully saturated rings. The summed E-state index contributed by atoms with van der Waals surface area (Å²) in [6.07, 6.45) is 4.51. The Balaban J connectivity index is 1.40. The van der Waals surface area contributed by atoms with E-state index in [9.17, 15) is 4.79 Å². The monoisotopic (exact) mass is 451 g/mol. The van der Waals surface area contributed by atoms with E-state index in [0.29, 0.717) is 29.7 Å². The molecule has 0 unspecified atom stereocenters. The average molecular weight is 452 g/mol. The van der Waals surface area contributed by atoms with Gasteiger partial charge in [-0.3, -0.25) is 4.98 Å². The minimum atomic E-state index is -0.426. The number of carbonyl (C=O) groups excluding carboxylic acids is 1. The highest BCUT2D eigenvalue weighted by atomic mass is 32.1. The van der Waals surface area contributed by atoms with Crippen LogP contribution in [0.2, 0.25) is 0 Å². The number of benzene rings is 1. The molecule has 0 spiro atoms. The molecule has 166 valence electrons. The number of pyridine rings is 1. The van der Waals surface area contributed by atoms with Crippen molar-refractivity contribution < 1.29 is 18.7 Å². The summed E-state index contributed by atoms with van der Waals surface area (Å²) >= 11 is 1.36. The largest absolute Gasteiger partial charge is 0.493 e. The van der Waals surface area contributed by atoms with Crippen molar-refractivity contribution in [2.45, 2.75) is 26.8 Å². The molecular weight excluding hydrogens is 426 g/mol. The third-order valence-electron chi connectivity index (χ3n) is 4.91. The fraction of sp³-hybridized carbons (Fsp3) is 0.292. The van der Waals surface area contributed by atoms with Crippen molar-refractivity contribution in [3.8, 4) is 16.5 Å². The van der Waals surface area contributed by atoms with Crippen molar-refractivity contribution >= 4 is 28.3 Å². The predicted octanol–water partition coefficient (Wildman–Crippen LogP) is 5.00. The number of carbonyl (C=O) groups is 1. The summed E-state index contributed by atoms with van der Waals surface area (Å²) in [5.41, 5.74) is 3.13. The van der Waals surface area contributed by atoms with Crippen LogP contribution in [-0.2, 0) is 11.3 Å². The SMILES string of the molecule is CCOC(=O)c1csc(-c2oc3cccc(OCCCNCc4cccnc4)c3c2C)n1. The molecule has 7 nitrogen and oxygen atoms in total. The zero-order valence-electron chi connectivity index (χ0n) is 18.1. The lowest BCUT2D eigenvalue weighted by atomic mass is 10.1. The Morgan fingerprint density at radius 1 is 1.25 bits per heavy atom. The number of furan rings is 1. The normalized spacial score (nSPS) is 11.1. The van der Waals surface area contributed by atoms with Gasteiger partial charge in [-0.05, 0) is 50.6 Å². The molecule has 0 aliphatic rings. The van der Waals surface area contributed by atoms with Gasteiger partial charge in [0, 0.05) is 29.9 Å². The Labute approximate surface area is 190 Å². The van der Waals surface area contributed by atoms with Crippen LogP contribution in [0.15, 0.2) is 52.5 Å². The Morgan fingerprint density at radius 2 is 2.16 bits per heavy atom. The van der Waals surface area contributed by atoms with E-state index in [4.69, 9.17) is 13.9 Å². The van der Waals surface area contributed by atoms with E-state index >= 15 is 0 Å². The zero-order chi connectivity index (χ0) is 22.3. The number of hydrogen-bond acceptors (Lipinski definition) is 8. The molecule has 0 amide bonds. The first-order chi connectivity index (χ1) is 15.7. The lowest BCUT2D eigenvalue weighted by Crippen LogP contribution is -2.17. The summed E-state index contributed by atoms with van der Waals surface area (Å²) < 4.78 is 17.2. The fourth-order valence-corrected chi connectivity index (χ4v) is 4.21. The van der Waals surface area contributed by atoms with Crippen molar-refractivity contribution in [1.82, 2.24) is 15.3 Å². The summed E-state index contributed by atoms with van der Waals surface area (Å²) in [7, 11) is 0. The molecule has 4 rings (SSSR count). The maximum Gasteiger partial charge on any atom is 0.357 e. The van der Waals surface area contributed by atoms with Crippen molar-refractivity contribution in [1.29, 1.82) is 0 Å². The minimum absolute atomic E-state index is 0.293. The molecule has 0 radical (unpaired) electrons. The van der Waals surface area contributed by atoms with Gasteiger partial charge in [0.05, 0.1) is 18.6 Å². The van der Waals surface area contributed by atoms with Crippen LogP contribution in [0.4, 0.5) is 0 Å².